The smallest absolute Gasteiger partial charge is 0.349 e. The Morgan fingerprint density at radius 2 is 1.67 bits per heavy atom. The van der Waals surface area contributed by atoms with Gasteiger partial charge >= 0.3 is 11.9 Å². The lowest BCUT2D eigenvalue weighted by molar-refractivity contribution is -0.124. The molecule has 1 amide bonds. The Kier molecular flexibility index (Phi) is 7.86. The Hall–Kier alpha value is -2.19. The minimum absolute atomic E-state index is 0.275. The zero-order valence-electron chi connectivity index (χ0n) is 19.3. The first-order valence-corrected chi connectivity index (χ1v) is 13.6. The molecule has 1 unspecified atom stereocenters. The first-order valence-electron chi connectivity index (χ1n) is 12.0. The summed E-state index contributed by atoms with van der Waals surface area (Å²) in [6.45, 7) is 3.86. The summed E-state index contributed by atoms with van der Waals surface area (Å²) in [4.78, 5) is 41.6. The molecule has 6 nitrogen and oxygen atoms in total. The molecular weight excluding hydrogens is 458 g/mol. The molecule has 0 fully saturated rings. The number of fused-ring (bicyclic) bond motifs is 2. The Morgan fingerprint density at radius 1 is 0.939 bits per heavy atom. The van der Waals surface area contributed by atoms with E-state index in [1.165, 1.54) is 33.1 Å². The molecule has 0 saturated heterocycles. The molecular formula is C25H31NO5S2. The molecule has 0 aliphatic heterocycles. The number of hydrogen-bond acceptors (Lipinski definition) is 7. The molecule has 0 aromatic carbocycles. The van der Waals surface area contributed by atoms with Crippen LogP contribution in [0.15, 0.2) is 6.07 Å². The largest absolute Gasteiger partial charge is 0.462 e. The summed E-state index contributed by atoms with van der Waals surface area (Å²) in [5, 5.41) is 3.40. The first kappa shape index (κ1) is 24.0. The van der Waals surface area contributed by atoms with Crippen LogP contribution in [0.3, 0.4) is 0 Å². The van der Waals surface area contributed by atoms with Gasteiger partial charge in [-0.15, -0.1) is 22.7 Å². The van der Waals surface area contributed by atoms with Gasteiger partial charge in [-0.25, -0.2) is 9.59 Å². The number of aryl methyl sites for hydroxylation is 3. The van der Waals surface area contributed by atoms with Crippen LogP contribution in [-0.4, -0.2) is 30.6 Å². The maximum Gasteiger partial charge on any atom is 0.349 e. The van der Waals surface area contributed by atoms with Gasteiger partial charge in [0.2, 0.25) is 0 Å². The van der Waals surface area contributed by atoms with E-state index in [1.807, 2.05) is 13.0 Å². The van der Waals surface area contributed by atoms with Gasteiger partial charge in [-0.05, 0) is 81.9 Å². The van der Waals surface area contributed by atoms with Crippen molar-refractivity contribution in [2.24, 2.45) is 0 Å². The van der Waals surface area contributed by atoms with Crippen LogP contribution in [-0.2, 0) is 40.0 Å². The van der Waals surface area contributed by atoms with E-state index < -0.39 is 23.9 Å². The highest BCUT2D eigenvalue weighted by Crippen LogP contribution is 2.38. The van der Waals surface area contributed by atoms with Crippen molar-refractivity contribution in [3.8, 4) is 0 Å². The molecule has 33 heavy (non-hydrogen) atoms. The highest BCUT2D eigenvalue weighted by molar-refractivity contribution is 7.17. The van der Waals surface area contributed by atoms with Crippen molar-refractivity contribution < 1.29 is 23.9 Å². The van der Waals surface area contributed by atoms with Crippen molar-refractivity contribution in [1.82, 2.24) is 0 Å². The number of carbonyl (C=O) groups is 3. The molecule has 2 heterocycles. The second-order valence-electron chi connectivity index (χ2n) is 8.55. The summed E-state index contributed by atoms with van der Waals surface area (Å²) in [6.07, 6.45) is 8.65. The third-order valence-electron chi connectivity index (χ3n) is 6.25. The third-order valence-corrected chi connectivity index (χ3v) is 8.67. The number of anilines is 1. The van der Waals surface area contributed by atoms with Crippen LogP contribution in [0.2, 0.25) is 0 Å². The summed E-state index contributed by atoms with van der Waals surface area (Å²) in [5.41, 5.74) is 2.70. The summed E-state index contributed by atoms with van der Waals surface area (Å²) in [5.74, 6) is -1.26. The standard InChI is InChI=1S/C25H31NO5S2/c1-3-17(31-24(28)20-14-15-10-8-9-12-18(15)32-20)22(27)26-23-21(25(29)30-4-2)16-11-6-5-7-13-19(16)33-23/h14,17H,3-13H2,1-2H3,(H,26,27). The lowest BCUT2D eigenvalue weighted by Crippen LogP contribution is -2.32. The number of rotatable bonds is 7. The normalized spacial score (nSPS) is 16.2. The van der Waals surface area contributed by atoms with Gasteiger partial charge in [-0.3, -0.25) is 4.79 Å². The third kappa shape index (κ3) is 5.32. The van der Waals surface area contributed by atoms with E-state index in [9.17, 15) is 14.4 Å². The van der Waals surface area contributed by atoms with Gasteiger partial charge in [0, 0.05) is 9.75 Å². The predicted octanol–water partition coefficient (Wildman–Crippen LogP) is 5.71. The van der Waals surface area contributed by atoms with Gasteiger partial charge in [0.15, 0.2) is 6.10 Å². The zero-order chi connectivity index (χ0) is 23.4. The molecule has 0 saturated carbocycles. The fourth-order valence-electron chi connectivity index (χ4n) is 4.54. The topological polar surface area (TPSA) is 81.7 Å². The average Bonchev–Trinajstić information content (AvgIpc) is 3.31. The zero-order valence-corrected chi connectivity index (χ0v) is 20.9. The van der Waals surface area contributed by atoms with Crippen molar-refractivity contribution in [3.63, 3.8) is 0 Å². The van der Waals surface area contributed by atoms with E-state index >= 15 is 0 Å². The van der Waals surface area contributed by atoms with E-state index in [0.29, 0.717) is 21.9 Å². The number of thiophene rings is 2. The lowest BCUT2D eigenvalue weighted by atomic mass is 9.99. The van der Waals surface area contributed by atoms with Crippen LogP contribution in [0.4, 0.5) is 5.00 Å². The maximum atomic E-state index is 13.1. The van der Waals surface area contributed by atoms with Gasteiger partial charge in [0.1, 0.15) is 9.88 Å². The maximum absolute atomic E-state index is 13.1. The highest BCUT2D eigenvalue weighted by atomic mass is 32.1. The van der Waals surface area contributed by atoms with Crippen LogP contribution in [0.25, 0.3) is 0 Å². The minimum atomic E-state index is -0.923. The molecule has 0 spiro atoms. The van der Waals surface area contributed by atoms with Crippen molar-refractivity contribution >= 4 is 45.5 Å². The number of amides is 1. The second-order valence-corrected chi connectivity index (χ2v) is 10.8. The van der Waals surface area contributed by atoms with Crippen LogP contribution in [0.1, 0.15) is 93.3 Å². The summed E-state index contributed by atoms with van der Waals surface area (Å²) >= 11 is 2.93. The number of nitrogens with one attached hydrogen (secondary N) is 1. The van der Waals surface area contributed by atoms with E-state index in [2.05, 4.69) is 5.32 Å². The summed E-state index contributed by atoms with van der Waals surface area (Å²) in [7, 11) is 0. The fourth-order valence-corrected chi connectivity index (χ4v) is 6.96. The van der Waals surface area contributed by atoms with Gasteiger partial charge in [-0.2, -0.15) is 0 Å². The number of hydrogen-bond donors (Lipinski definition) is 1. The Morgan fingerprint density at radius 3 is 2.42 bits per heavy atom. The number of carbonyl (C=O) groups excluding carboxylic acids is 3. The van der Waals surface area contributed by atoms with Gasteiger partial charge in [0.25, 0.3) is 5.91 Å². The molecule has 1 atom stereocenters. The van der Waals surface area contributed by atoms with Crippen LogP contribution < -0.4 is 5.32 Å². The molecule has 0 bridgehead atoms. The molecule has 1 N–H and O–H groups in total. The average molecular weight is 490 g/mol. The molecule has 2 aromatic heterocycles. The van der Waals surface area contributed by atoms with E-state index in [1.54, 1.807) is 6.92 Å². The van der Waals surface area contributed by atoms with Gasteiger partial charge < -0.3 is 14.8 Å². The van der Waals surface area contributed by atoms with Gasteiger partial charge in [-0.1, -0.05) is 13.3 Å². The van der Waals surface area contributed by atoms with Crippen LogP contribution in [0, 0.1) is 0 Å². The van der Waals surface area contributed by atoms with Crippen molar-refractivity contribution in [3.05, 3.63) is 37.4 Å². The molecule has 4 rings (SSSR count). The first-order chi connectivity index (χ1) is 16.0. The van der Waals surface area contributed by atoms with Crippen LogP contribution in [0.5, 0.6) is 0 Å². The van der Waals surface area contributed by atoms with E-state index in [0.717, 1.165) is 68.2 Å². The molecule has 0 radical (unpaired) electrons. The second kappa shape index (κ2) is 10.8. The molecule has 2 aromatic rings. The van der Waals surface area contributed by atoms with E-state index in [-0.39, 0.29) is 6.61 Å². The predicted molar refractivity (Wildman–Crippen MR) is 131 cm³/mol. The van der Waals surface area contributed by atoms with Crippen molar-refractivity contribution in [1.29, 1.82) is 0 Å². The number of ether oxygens (including phenoxy) is 2. The SMILES string of the molecule is CCOC(=O)c1c(NC(=O)C(CC)OC(=O)c2cc3c(s2)CCCC3)sc2c1CCCCC2. The Bertz CT molecular complexity index is 1010. The highest BCUT2D eigenvalue weighted by Gasteiger charge is 2.30. The molecule has 2 aliphatic rings. The van der Waals surface area contributed by atoms with E-state index in [4.69, 9.17) is 9.47 Å². The van der Waals surface area contributed by atoms with Crippen molar-refractivity contribution in [2.45, 2.75) is 84.2 Å². The molecule has 178 valence electrons. The quantitative estimate of drug-likeness (QED) is 0.398. The number of esters is 2. The summed E-state index contributed by atoms with van der Waals surface area (Å²) in [6, 6.07) is 1.92. The lowest BCUT2D eigenvalue weighted by Gasteiger charge is -2.16. The summed E-state index contributed by atoms with van der Waals surface area (Å²) < 4.78 is 10.9. The van der Waals surface area contributed by atoms with Crippen molar-refractivity contribution in [2.75, 3.05) is 11.9 Å². The Labute approximate surface area is 202 Å². The molecule has 2 aliphatic carbocycles. The molecule has 8 heteroatoms. The minimum Gasteiger partial charge on any atom is -0.462 e. The Balaban J connectivity index is 1.50. The van der Waals surface area contributed by atoms with Crippen LogP contribution >= 0.6 is 22.7 Å². The monoisotopic (exact) mass is 489 g/mol. The fraction of sp³-hybridized carbons (Fsp3) is 0.560. The van der Waals surface area contributed by atoms with Gasteiger partial charge in [0.05, 0.1) is 12.2 Å².